The van der Waals surface area contributed by atoms with E-state index in [1.165, 1.54) is 0 Å². The highest BCUT2D eigenvalue weighted by atomic mass is 35.5. The molecule has 0 aliphatic heterocycles. The number of hydrazine groups is 1. The average Bonchev–Trinajstić information content (AvgIpc) is 2.84. The molecule has 0 aliphatic carbocycles. The molecule has 0 spiro atoms. The van der Waals surface area contributed by atoms with Crippen LogP contribution in [0.1, 0.15) is 44.4 Å². The van der Waals surface area contributed by atoms with E-state index in [1.54, 1.807) is 17.4 Å². The summed E-state index contributed by atoms with van der Waals surface area (Å²) < 4.78 is 0.779. The molecular formula is C14H20ClN5S. The van der Waals surface area contributed by atoms with Crippen molar-refractivity contribution in [3.8, 4) is 0 Å². The Morgan fingerprint density at radius 2 is 1.90 bits per heavy atom. The van der Waals surface area contributed by atoms with Crippen molar-refractivity contribution in [3.05, 3.63) is 33.2 Å². The van der Waals surface area contributed by atoms with Crippen LogP contribution in [0.25, 0.3) is 0 Å². The molecule has 0 amide bonds. The maximum absolute atomic E-state index is 5.98. The summed E-state index contributed by atoms with van der Waals surface area (Å²) in [6.07, 6.45) is 0. The normalized spacial score (nSPS) is 13.0. The summed E-state index contributed by atoms with van der Waals surface area (Å²) in [5, 5.41) is 3.36. The van der Waals surface area contributed by atoms with Gasteiger partial charge in [-0.1, -0.05) is 32.4 Å². The van der Waals surface area contributed by atoms with Gasteiger partial charge in [0.05, 0.1) is 10.4 Å². The molecule has 5 nitrogen and oxygen atoms in total. The first-order chi connectivity index (χ1) is 9.79. The molecule has 0 saturated carbocycles. The second-order valence-electron chi connectivity index (χ2n) is 5.86. The zero-order chi connectivity index (χ0) is 15.6. The fraction of sp³-hybridized carbons (Fsp3) is 0.429. The topological polar surface area (TPSA) is 75.9 Å². The summed E-state index contributed by atoms with van der Waals surface area (Å²) in [6, 6.07) is 5.81. The number of nitrogens with zero attached hydrogens (tertiary/aromatic N) is 2. The molecule has 1 atom stereocenters. The fourth-order valence-corrected chi connectivity index (χ4v) is 2.85. The van der Waals surface area contributed by atoms with Gasteiger partial charge in [-0.05, 0) is 19.1 Å². The van der Waals surface area contributed by atoms with Crippen molar-refractivity contribution in [2.45, 2.75) is 39.2 Å². The Morgan fingerprint density at radius 3 is 2.43 bits per heavy atom. The van der Waals surface area contributed by atoms with Crippen LogP contribution in [0.3, 0.4) is 0 Å². The van der Waals surface area contributed by atoms with Crippen LogP contribution >= 0.6 is 22.9 Å². The van der Waals surface area contributed by atoms with Crippen LogP contribution in [0.4, 0.5) is 11.6 Å². The van der Waals surface area contributed by atoms with Crippen LogP contribution in [0.2, 0.25) is 4.34 Å². The van der Waals surface area contributed by atoms with Crippen molar-refractivity contribution in [2.24, 2.45) is 5.84 Å². The summed E-state index contributed by atoms with van der Waals surface area (Å²) >= 11 is 7.53. The smallest absolute Gasteiger partial charge is 0.145 e. The zero-order valence-corrected chi connectivity index (χ0v) is 14.1. The van der Waals surface area contributed by atoms with Gasteiger partial charge < -0.3 is 10.7 Å². The first-order valence-electron chi connectivity index (χ1n) is 6.67. The molecule has 0 aromatic carbocycles. The SMILES string of the molecule is CC(Nc1cc(NN)nc(C(C)(C)C)n1)c1ccc(Cl)s1. The van der Waals surface area contributed by atoms with Gasteiger partial charge >= 0.3 is 0 Å². The molecule has 0 radical (unpaired) electrons. The van der Waals surface area contributed by atoms with E-state index in [-0.39, 0.29) is 11.5 Å². The standard InChI is InChI=1S/C14H20ClN5S/c1-8(9-5-6-10(15)21-9)17-11-7-12(20-16)19-13(18-11)14(2,3)4/h5-8H,16H2,1-4H3,(H2,17,18,19,20). The van der Waals surface area contributed by atoms with E-state index in [1.807, 2.05) is 12.1 Å². The van der Waals surface area contributed by atoms with Gasteiger partial charge in [0.1, 0.15) is 17.5 Å². The predicted molar refractivity (Wildman–Crippen MR) is 89.9 cm³/mol. The summed E-state index contributed by atoms with van der Waals surface area (Å²) in [5.41, 5.74) is 2.43. The third-order valence-electron chi connectivity index (χ3n) is 2.93. The predicted octanol–water partition coefficient (Wildman–Crippen LogP) is 3.95. The van der Waals surface area contributed by atoms with E-state index in [9.17, 15) is 0 Å². The average molecular weight is 326 g/mol. The zero-order valence-electron chi connectivity index (χ0n) is 12.6. The number of nitrogens with one attached hydrogen (secondary N) is 2. The van der Waals surface area contributed by atoms with E-state index in [2.05, 4.69) is 48.4 Å². The van der Waals surface area contributed by atoms with Crippen molar-refractivity contribution in [2.75, 3.05) is 10.7 Å². The number of anilines is 2. The Hall–Kier alpha value is -1.37. The van der Waals surface area contributed by atoms with Gasteiger partial charge in [-0.25, -0.2) is 15.8 Å². The maximum atomic E-state index is 5.98. The Bertz CT molecular complexity index is 620. The van der Waals surface area contributed by atoms with E-state index < -0.39 is 0 Å². The molecule has 2 aromatic heterocycles. The molecule has 7 heteroatoms. The number of halogens is 1. The van der Waals surface area contributed by atoms with Crippen LogP contribution in [0.15, 0.2) is 18.2 Å². The van der Waals surface area contributed by atoms with Crippen LogP contribution in [0.5, 0.6) is 0 Å². The molecule has 1 unspecified atom stereocenters. The fourth-order valence-electron chi connectivity index (χ4n) is 1.78. The van der Waals surface area contributed by atoms with E-state index in [0.717, 1.165) is 20.9 Å². The number of hydrogen-bond acceptors (Lipinski definition) is 6. The highest BCUT2D eigenvalue weighted by Gasteiger charge is 2.20. The quantitative estimate of drug-likeness (QED) is 0.586. The number of nitrogen functional groups attached to an aromatic ring is 1. The number of hydrogen-bond donors (Lipinski definition) is 3. The van der Waals surface area contributed by atoms with Crippen LogP contribution in [-0.2, 0) is 5.41 Å². The largest absolute Gasteiger partial charge is 0.363 e. The number of rotatable bonds is 4. The minimum absolute atomic E-state index is 0.107. The van der Waals surface area contributed by atoms with Gasteiger partial charge in [0.25, 0.3) is 0 Å². The molecular weight excluding hydrogens is 306 g/mol. The minimum Gasteiger partial charge on any atom is -0.363 e. The second kappa shape index (κ2) is 6.17. The van der Waals surface area contributed by atoms with Gasteiger partial charge in [0, 0.05) is 16.4 Å². The molecule has 0 fully saturated rings. The lowest BCUT2D eigenvalue weighted by atomic mass is 9.96. The van der Waals surface area contributed by atoms with Gasteiger partial charge in [-0.2, -0.15) is 0 Å². The third kappa shape index (κ3) is 4.06. The monoisotopic (exact) mass is 325 g/mol. The van der Waals surface area contributed by atoms with Gasteiger partial charge in [-0.15, -0.1) is 11.3 Å². The molecule has 2 aromatic rings. The van der Waals surface area contributed by atoms with E-state index >= 15 is 0 Å². The van der Waals surface area contributed by atoms with Crippen molar-refractivity contribution < 1.29 is 0 Å². The molecule has 0 aliphatic rings. The first kappa shape index (κ1) is 16.0. The molecule has 2 rings (SSSR count). The number of nitrogens with two attached hydrogens (primary N) is 1. The van der Waals surface area contributed by atoms with Crippen molar-refractivity contribution in [1.82, 2.24) is 9.97 Å². The highest BCUT2D eigenvalue weighted by molar-refractivity contribution is 7.16. The van der Waals surface area contributed by atoms with E-state index in [4.69, 9.17) is 17.4 Å². The molecule has 2 heterocycles. The van der Waals surface area contributed by atoms with Crippen molar-refractivity contribution in [3.63, 3.8) is 0 Å². The molecule has 114 valence electrons. The van der Waals surface area contributed by atoms with Crippen LogP contribution in [-0.4, -0.2) is 9.97 Å². The molecule has 0 bridgehead atoms. The lowest BCUT2D eigenvalue weighted by molar-refractivity contribution is 0.546. The Kier molecular flexibility index (Phi) is 4.70. The van der Waals surface area contributed by atoms with E-state index in [0.29, 0.717) is 5.82 Å². The van der Waals surface area contributed by atoms with Gasteiger partial charge in [0.15, 0.2) is 0 Å². The lowest BCUT2D eigenvalue weighted by Crippen LogP contribution is -2.20. The van der Waals surface area contributed by atoms with Gasteiger partial charge in [0.2, 0.25) is 0 Å². The second-order valence-corrected chi connectivity index (χ2v) is 7.61. The summed E-state index contributed by atoms with van der Waals surface area (Å²) in [5.74, 6) is 7.55. The Balaban J connectivity index is 2.27. The van der Waals surface area contributed by atoms with Crippen molar-refractivity contribution in [1.29, 1.82) is 0 Å². The highest BCUT2D eigenvalue weighted by Crippen LogP contribution is 2.29. The third-order valence-corrected chi connectivity index (χ3v) is 4.34. The van der Waals surface area contributed by atoms with Crippen molar-refractivity contribution >= 4 is 34.6 Å². The molecule has 4 N–H and O–H groups in total. The Labute approximate surface area is 133 Å². The van der Waals surface area contributed by atoms with Crippen LogP contribution in [0, 0.1) is 0 Å². The summed E-state index contributed by atoms with van der Waals surface area (Å²) in [7, 11) is 0. The number of thiophene rings is 1. The number of aromatic nitrogens is 2. The first-order valence-corrected chi connectivity index (χ1v) is 7.87. The maximum Gasteiger partial charge on any atom is 0.145 e. The molecule has 21 heavy (non-hydrogen) atoms. The molecule has 0 saturated heterocycles. The Morgan fingerprint density at radius 1 is 1.24 bits per heavy atom. The minimum atomic E-state index is -0.154. The summed E-state index contributed by atoms with van der Waals surface area (Å²) in [6.45, 7) is 8.26. The lowest BCUT2D eigenvalue weighted by Gasteiger charge is -2.20. The summed E-state index contributed by atoms with van der Waals surface area (Å²) in [4.78, 5) is 10.1. The van der Waals surface area contributed by atoms with Gasteiger partial charge in [-0.3, -0.25) is 0 Å². The van der Waals surface area contributed by atoms with Crippen LogP contribution < -0.4 is 16.6 Å².